The van der Waals surface area contributed by atoms with E-state index in [1.807, 2.05) is 13.8 Å². The summed E-state index contributed by atoms with van der Waals surface area (Å²) in [5.41, 5.74) is 2.23. The van der Waals surface area contributed by atoms with Gasteiger partial charge in [0, 0.05) is 22.9 Å². The molecule has 0 aliphatic carbocycles. The monoisotopic (exact) mass is 258 g/mol. The second-order valence-corrected chi connectivity index (χ2v) is 5.51. The molecule has 3 N–H and O–H groups in total. The third-order valence-electron chi connectivity index (χ3n) is 3.64. The van der Waals surface area contributed by atoms with Gasteiger partial charge in [0.2, 0.25) is 0 Å². The van der Waals surface area contributed by atoms with Gasteiger partial charge in [-0.15, -0.1) is 0 Å². The average molecular weight is 258 g/mol. The van der Waals surface area contributed by atoms with Crippen molar-refractivity contribution >= 4 is 22.8 Å². The predicted octanol–water partition coefficient (Wildman–Crippen LogP) is 1.89. The highest BCUT2D eigenvalue weighted by Gasteiger charge is 2.35. The molecule has 19 heavy (non-hydrogen) atoms. The van der Waals surface area contributed by atoms with Gasteiger partial charge in [-0.05, 0) is 23.8 Å². The minimum Gasteiger partial charge on any atom is -0.478 e. The molecule has 1 aromatic heterocycles. The Kier molecular flexibility index (Phi) is 2.23. The van der Waals surface area contributed by atoms with Crippen LogP contribution in [0, 0.1) is 0 Å². The largest absolute Gasteiger partial charge is 0.478 e. The van der Waals surface area contributed by atoms with E-state index in [0.29, 0.717) is 12.2 Å². The Hall–Kier alpha value is -2.30. The highest BCUT2D eigenvalue weighted by Crippen LogP contribution is 2.36. The first-order valence-electron chi connectivity index (χ1n) is 6.08. The lowest BCUT2D eigenvalue weighted by Gasteiger charge is -2.30. The number of aromatic carboxylic acids is 1. The normalized spacial score (nSPS) is 17.1. The molecule has 0 spiro atoms. The molecule has 0 unspecified atom stereocenters. The van der Waals surface area contributed by atoms with Gasteiger partial charge in [-0.25, -0.2) is 4.79 Å². The van der Waals surface area contributed by atoms with Gasteiger partial charge in [0.25, 0.3) is 5.91 Å². The molecule has 1 aliphatic heterocycles. The van der Waals surface area contributed by atoms with Gasteiger partial charge in [0.05, 0.1) is 5.56 Å². The number of aromatic amines is 1. The molecule has 98 valence electrons. The minimum atomic E-state index is -0.963. The summed E-state index contributed by atoms with van der Waals surface area (Å²) in [7, 11) is 0. The van der Waals surface area contributed by atoms with Crippen LogP contribution in [0.25, 0.3) is 10.9 Å². The summed E-state index contributed by atoms with van der Waals surface area (Å²) in [6.45, 7) is 4.61. The predicted molar refractivity (Wildman–Crippen MR) is 70.6 cm³/mol. The minimum absolute atomic E-state index is 0.137. The van der Waals surface area contributed by atoms with Crippen molar-refractivity contribution in [3.8, 4) is 0 Å². The number of hydrogen-bond donors (Lipinski definition) is 3. The van der Waals surface area contributed by atoms with Crippen LogP contribution in [-0.2, 0) is 5.41 Å². The van der Waals surface area contributed by atoms with Crippen LogP contribution in [0.4, 0.5) is 0 Å². The van der Waals surface area contributed by atoms with Gasteiger partial charge in [-0.3, -0.25) is 4.79 Å². The van der Waals surface area contributed by atoms with Crippen LogP contribution in [0.3, 0.4) is 0 Å². The summed E-state index contributed by atoms with van der Waals surface area (Å²) < 4.78 is 0. The van der Waals surface area contributed by atoms with Crippen molar-refractivity contribution in [1.82, 2.24) is 10.3 Å². The molecule has 0 bridgehead atoms. The maximum Gasteiger partial charge on any atom is 0.335 e. The smallest absolute Gasteiger partial charge is 0.335 e. The Morgan fingerprint density at radius 3 is 2.79 bits per heavy atom. The Balaban J connectivity index is 2.36. The third kappa shape index (κ3) is 1.62. The number of hydrogen-bond acceptors (Lipinski definition) is 2. The van der Waals surface area contributed by atoms with Crippen LogP contribution in [0.1, 0.15) is 40.3 Å². The summed E-state index contributed by atoms with van der Waals surface area (Å²) in [6, 6.07) is 4.88. The van der Waals surface area contributed by atoms with E-state index in [0.717, 1.165) is 16.5 Å². The fourth-order valence-electron chi connectivity index (χ4n) is 2.68. The van der Waals surface area contributed by atoms with E-state index in [1.165, 1.54) is 6.07 Å². The van der Waals surface area contributed by atoms with E-state index < -0.39 is 5.97 Å². The molecule has 3 rings (SSSR count). The van der Waals surface area contributed by atoms with E-state index in [-0.39, 0.29) is 16.9 Å². The fourth-order valence-corrected chi connectivity index (χ4v) is 2.68. The van der Waals surface area contributed by atoms with E-state index in [9.17, 15) is 9.59 Å². The molecule has 0 fully saturated rings. The number of carboxylic acids is 1. The highest BCUT2D eigenvalue weighted by atomic mass is 16.4. The second-order valence-electron chi connectivity index (χ2n) is 5.51. The molecule has 1 amide bonds. The van der Waals surface area contributed by atoms with Gasteiger partial charge in [0.15, 0.2) is 0 Å². The zero-order valence-corrected chi connectivity index (χ0v) is 10.7. The van der Waals surface area contributed by atoms with Gasteiger partial charge in [0.1, 0.15) is 5.69 Å². The Morgan fingerprint density at radius 1 is 1.37 bits per heavy atom. The van der Waals surface area contributed by atoms with E-state index in [1.54, 1.807) is 12.1 Å². The van der Waals surface area contributed by atoms with Gasteiger partial charge >= 0.3 is 5.97 Å². The molecule has 1 aromatic carbocycles. The van der Waals surface area contributed by atoms with Crippen LogP contribution >= 0.6 is 0 Å². The number of benzene rings is 1. The molecule has 0 atom stereocenters. The zero-order valence-electron chi connectivity index (χ0n) is 10.7. The maximum atomic E-state index is 11.9. The van der Waals surface area contributed by atoms with Crippen LogP contribution in [0.2, 0.25) is 0 Å². The second kappa shape index (κ2) is 3.60. The number of carbonyl (C=O) groups is 2. The number of fused-ring (bicyclic) bond motifs is 3. The quantitative estimate of drug-likeness (QED) is 0.730. The Labute approximate surface area is 109 Å². The lowest BCUT2D eigenvalue weighted by atomic mass is 9.80. The molecular formula is C14H14N2O3. The first-order chi connectivity index (χ1) is 8.90. The number of rotatable bonds is 1. The van der Waals surface area contributed by atoms with Crippen molar-refractivity contribution in [2.75, 3.05) is 6.54 Å². The van der Waals surface area contributed by atoms with Crippen molar-refractivity contribution in [3.05, 3.63) is 35.0 Å². The van der Waals surface area contributed by atoms with Gasteiger partial charge in [-0.1, -0.05) is 13.8 Å². The summed E-state index contributed by atoms with van der Waals surface area (Å²) in [6.07, 6.45) is 0. The number of carboxylic acid groups (broad SMARTS) is 1. The number of H-pyrrole nitrogens is 1. The first-order valence-corrected chi connectivity index (χ1v) is 6.08. The average Bonchev–Trinajstić information content (AvgIpc) is 2.74. The van der Waals surface area contributed by atoms with Crippen LogP contribution in [0.5, 0.6) is 0 Å². The van der Waals surface area contributed by atoms with E-state index >= 15 is 0 Å². The van der Waals surface area contributed by atoms with Crippen LogP contribution in [0.15, 0.2) is 18.2 Å². The fraction of sp³-hybridized carbons (Fsp3) is 0.286. The van der Waals surface area contributed by atoms with Crippen molar-refractivity contribution < 1.29 is 14.7 Å². The molecule has 5 heteroatoms. The number of carbonyl (C=O) groups excluding carboxylic acids is 1. The highest BCUT2D eigenvalue weighted by molar-refractivity contribution is 6.04. The molecule has 0 saturated carbocycles. The van der Waals surface area contributed by atoms with Crippen molar-refractivity contribution in [3.63, 3.8) is 0 Å². The molecular weight excluding hydrogens is 244 g/mol. The number of aromatic nitrogens is 1. The summed E-state index contributed by atoms with van der Waals surface area (Å²) in [5.74, 6) is -1.10. The first kappa shape index (κ1) is 11.8. The molecule has 0 radical (unpaired) electrons. The summed E-state index contributed by atoms with van der Waals surface area (Å²) >= 11 is 0. The molecule has 2 heterocycles. The van der Waals surface area contributed by atoms with Crippen LogP contribution < -0.4 is 5.32 Å². The number of nitrogens with one attached hydrogen (secondary N) is 2. The van der Waals surface area contributed by atoms with Crippen LogP contribution in [-0.4, -0.2) is 28.5 Å². The SMILES string of the molecule is CC1(C)CNC(=O)c2[nH]c3ccc(C(=O)O)cc3c21. The van der Waals surface area contributed by atoms with Gasteiger partial charge in [-0.2, -0.15) is 0 Å². The van der Waals surface area contributed by atoms with E-state index in [4.69, 9.17) is 5.11 Å². The van der Waals surface area contributed by atoms with Crippen molar-refractivity contribution in [1.29, 1.82) is 0 Å². The summed E-state index contributed by atoms with van der Waals surface area (Å²) in [5, 5.41) is 12.7. The lowest BCUT2D eigenvalue weighted by Crippen LogP contribution is -2.43. The van der Waals surface area contributed by atoms with Crippen molar-refractivity contribution in [2.45, 2.75) is 19.3 Å². The van der Waals surface area contributed by atoms with Gasteiger partial charge < -0.3 is 15.4 Å². The van der Waals surface area contributed by atoms with E-state index in [2.05, 4.69) is 10.3 Å². The Morgan fingerprint density at radius 2 is 2.11 bits per heavy atom. The van der Waals surface area contributed by atoms with Crippen molar-refractivity contribution in [2.24, 2.45) is 0 Å². The Bertz CT molecular complexity index is 713. The molecule has 5 nitrogen and oxygen atoms in total. The molecule has 0 saturated heterocycles. The standard InChI is InChI=1S/C14H14N2O3/c1-14(2)6-15-12(17)11-10(14)8-5-7(13(18)19)3-4-9(8)16-11/h3-5,16H,6H2,1-2H3,(H,15,17)(H,18,19). The molecule has 1 aliphatic rings. The zero-order chi connectivity index (χ0) is 13.8. The third-order valence-corrected chi connectivity index (χ3v) is 3.64. The maximum absolute atomic E-state index is 11.9. The molecule has 2 aromatic rings. The number of amides is 1. The topological polar surface area (TPSA) is 82.2 Å². The lowest BCUT2D eigenvalue weighted by molar-refractivity contribution is 0.0697. The summed E-state index contributed by atoms with van der Waals surface area (Å²) in [4.78, 5) is 26.1.